The predicted octanol–water partition coefficient (Wildman–Crippen LogP) is 8.72. The lowest BCUT2D eigenvalue weighted by Crippen LogP contribution is -2.47. The zero-order valence-electron chi connectivity index (χ0n) is 35.5. The minimum absolute atomic E-state index is 0.0512. The SMILES string of the molecule is CC1(c2cc(CCc3ccc(Cl)s3)[nH]n2)CCCNC1=O.COc1ccccc1C(=O)O.COc1ccccc1C(=O)n1nc(C2(C)CCCNC2=O)cc1CCc1ccc(Cl)s1. The number of piperidine rings is 2. The number of halogens is 2. The number of carbonyl (C=O) groups excluding carboxylic acids is 3. The second kappa shape index (κ2) is 21.3. The van der Waals surface area contributed by atoms with Crippen LogP contribution in [0.2, 0.25) is 8.67 Å². The number of benzene rings is 2. The van der Waals surface area contributed by atoms with E-state index in [1.807, 2.05) is 50.2 Å². The number of carboxylic acids is 1. The van der Waals surface area contributed by atoms with Crippen molar-refractivity contribution in [2.45, 2.75) is 76.0 Å². The van der Waals surface area contributed by atoms with Gasteiger partial charge in [0.2, 0.25) is 11.8 Å². The van der Waals surface area contributed by atoms with Crippen LogP contribution >= 0.6 is 45.9 Å². The summed E-state index contributed by atoms with van der Waals surface area (Å²) in [6, 6.07) is 25.4. The number of nitrogens with zero attached hydrogens (tertiary/aromatic N) is 3. The van der Waals surface area contributed by atoms with Gasteiger partial charge >= 0.3 is 5.97 Å². The van der Waals surface area contributed by atoms with Crippen LogP contribution in [-0.2, 0) is 46.1 Å². The average Bonchev–Trinajstić information content (AvgIpc) is 4.13. The first-order chi connectivity index (χ1) is 30.2. The number of rotatable bonds is 12. The van der Waals surface area contributed by atoms with Crippen LogP contribution in [0.4, 0.5) is 0 Å². The standard InChI is InChI=1S/C23H24ClN3O3S.C15H18ClN3OS.C8H8O3/c1-23(12-5-13-25-22(23)29)19-14-15(8-9-16-10-11-20(24)31-16)27(26-19)21(28)17-6-3-4-7-18(17)30-2;1-15(7-2-8-17-14(15)20)12-9-10(18-19-12)3-4-11-5-6-13(16)21-11;1-11-7-5-3-2-4-6(7)8(9)10/h3-4,6-7,10-11,14H,5,8-9,12-13H2,1-2H3,(H,25,29);5-6,9H,2-4,7-8H2,1H3,(H,17,20)(H,18,19);2-5H,1H3,(H,9,10). The number of nitrogens with one attached hydrogen (secondary N) is 3. The maximum atomic E-state index is 13.4. The minimum atomic E-state index is -0.970. The molecule has 0 bridgehead atoms. The van der Waals surface area contributed by atoms with Gasteiger partial charge in [-0.15, -0.1) is 22.7 Å². The first kappa shape index (κ1) is 47.0. The van der Waals surface area contributed by atoms with E-state index in [0.29, 0.717) is 42.1 Å². The van der Waals surface area contributed by atoms with Gasteiger partial charge in [-0.2, -0.15) is 10.2 Å². The lowest BCUT2D eigenvalue weighted by molar-refractivity contribution is -0.128. The van der Waals surface area contributed by atoms with E-state index >= 15 is 0 Å². The van der Waals surface area contributed by atoms with E-state index in [1.54, 1.807) is 47.7 Å². The van der Waals surface area contributed by atoms with Gasteiger partial charge in [0.05, 0.1) is 50.7 Å². The number of H-pyrrole nitrogens is 1. The van der Waals surface area contributed by atoms with E-state index in [0.717, 1.165) is 75.7 Å². The first-order valence-electron chi connectivity index (χ1n) is 20.5. The molecule has 332 valence electrons. The fourth-order valence-corrected chi connectivity index (χ4v) is 9.62. The van der Waals surface area contributed by atoms with Gasteiger partial charge in [0.25, 0.3) is 5.91 Å². The van der Waals surface area contributed by atoms with Crippen molar-refractivity contribution < 1.29 is 33.8 Å². The maximum absolute atomic E-state index is 13.4. The molecule has 2 amide bonds. The zero-order chi connectivity index (χ0) is 45.1. The molecule has 2 aliphatic heterocycles. The number of hydrogen-bond acceptors (Lipinski definition) is 10. The third-order valence-corrected chi connectivity index (χ3v) is 13.8. The van der Waals surface area contributed by atoms with Crippen molar-refractivity contribution in [3.63, 3.8) is 0 Å². The molecule has 13 nitrogen and oxygen atoms in total. The van der Waals surface area contributed by atoms with E-state index in [1.165, 1.54) is 41.2 Å². The number of methoxy groups -OCH3 is 2. The molecule has 8 rings (SSSR count). The molecule has 0 aliphatic carbocycles. The molecule has 2 aromatic carbocycles. The van der Waals surface area contributed by atoms with Gasteiger partial charge in [-0.25, -0.2) is 9.48 Å². The van der Waals surface area contributed by atoms with Gasteiger partial charge in [0.1, 0.15) is 17.1 Å². The number of aromatic carboxylic acids is 1. The number of hydrogen-bond donors (Lipinski definition) is 4. The molecule has 2 saturated heterocycles. The van der Waals surface area contributed by atoms with Crippen molar-refractivity contribution in [3.8, 4) is 11.5 Å². The highest BCUT2D eigenvalue weighted by molar-refractivity contribution is 7.16. The number of aromatic nitrogens is 4. The Kier molecular flexibility index (Phi) is 15.9. The summed E-state index contributed by atoms with van der Waals surface area (Å²) < 4.78 is 13.2. The zero-order valence-corrected chi connectivity index (χ0v) is 38.6. The molecule has 63 heavy (non-hydrogen) atoms. The van der Waals surface area contributed by atoms with Crippen LogP contribution in [0.5, 0.6) is 11.5 Å². The minimum Gasteiger partial charge on any atom is -0.496 e. The lowest BCUT2D eigenvalue weighted by atomic mass is 9.79. The summed E-state index contributed by atoms with van der Waals surface area (Å²) in [5.74, 6) is -0.339. The molecule has 0 spiro atoms. The number of thiophene rings is 2. The maximum Gasteiger partial charge on any atom is 0.339 e. The number of aromatic amines is 1. The Hall–Kier alpha value is -5.48. The lowest BCUT2D eigenvalue weighted by Gasteiger charge is -2.30. The summed E-state index contributed by atoms with van der Waals surface area (Å²) in [6.07, 6.45) is 6.55. The number of amides is 2. The average molecular weight is 934 g/mol. The number of aryl methyl sites for hydroxylation is 4. The van der Waals surface area contributed by atoms with E-state index < -0.39 is 16.8 Å². The number of para-hydroxylation sites is 2. The second-order valence-electron chi connectivity index (χ2n) is 15.5. The monoisotopic (exact) mass is 932 g/mol. The van der Waals surface area contributed by atoms with Gasteiger partial charge in [0, 0.05) is 34.2 Å². The van der Waals surface area contributed by atoms with Crippen molar-refractivity contribution in [2.24, 2.45) is 0 Å². The number of ether oxygens (including phenoxy) is 2. The molecule has 4 aromatic heterocycles. The molecular formula is C46H50Cl2N6O7S2. The molecule has 0 saturated carbocycles. The topological polar surface area (TPSA) is 178 Å². The van der Waals surface area contributed by atoms with Crippen LogP contribution in [0.3, 0.4) is 0 Å². The molecule has 2 aliphatic rings. The van der Waals surface area contributed by atoms with Crippen molar-refractivity contribution in [3.05, 3.63) is 137 Å². The summed E-state index contributed by atoms with van der Waals surface area (Å²) in [4.78, 5) is 51.1. The third kappa shape index (κ3) is 11.4. The Balaban J connectivity index is 0.000000177. The van der Waals surface area contributed by atoms with Crippen LogP contribution in [0.15, 0.2) is 84.9 Å². The van der Waals surface area contributed by atoms with Crippen LogP contribution in [0.1, 0.15) is 92.8 Å². The Bertz CT molecular complexity index is 2550. The largest absolute Gasteiger partial charge is 0.496 e. The Morgan fingerprint density at radius 2 is 1.25 bits per heavy atom. The summed E-state index contributed by atoms with van der Waals surface area (Å²) in [5.41, 5.74) is 2.65. The second-order valence-corrected chi connectivity index (χ2v) is 19.1. The first-order valence-corrected chi connectivity index (χ1v) is 22.9. The van der Waals surface area contributed by atoms with Crippen molar-refractivity contribution in [1.29, 1.82) is 0 Å². The Morgan fingerprint density at radius 1 is 0.730 bits per heavy atom. The molecule has 6 heterocycles. The molecule has 2 unspecified atom stereocenters. The number of carbonyl (C=O) groups is 4. The van der Waals surface area contributed by atoms with Gasteiger partial charge in [0.15, 0.2) is 0 Å². The van der Waals surface area contributed by atoms with Crippen LogP contribution in [-0.4, -0.2) is 76.1 Å². The van der Waals surface area contributed by atoms with E-state index in [-0.39, 0.29) is 23.3 Å². The molecule has 2 atom stereocenters. The smallest absolute Gasteiger partial charge is 0.339 e. The number of carboxylic acid groups (broad SMARTS) is 1. The molecular weight excluding hydrogens is 884 g/mol. The summed E-state index contributed by atoms with van der Waals surface area (Å²) in [5, 5.41) is 26.6. The molecule has 0 radical (unpaired) electrons. The quantitative estimate of drug-likeness (QED) is 0.0935. The van der Waals surface area contributed by atoms with Crippen molar-refractivity contribution in [1.82, 2.24) is 30.6 Å². The fourth-order valence-electron chi connectivity index (χ4n) is 7.45. The van der Waals surface area contributed by atoms with Crippen LogP contribution in [0.25, 0.3) is 0 Å². The van der Waals surface area contributed by atoms with Gasteiger partial charge in [-0.1, -0.05) is 47.5 Å². The third-order valence-electron chi connectivity index (χ3n) is 11.2. The van der Waals surface area contributed by atoms with E-state index in [2.05, 4.69) is 32.0 Å². The highest BCUT2D eigenvalue weighted by Gasteiger charge is 2.41. The fraction of sp³-hybridized carbons (Fsp3) is 0.348. The van der Waals surface area contributed by atoms with E-state index in [9.17, 15) is 19.2 Å². The predicted molar refractivity (Wildman–Crippen MR) is 246 cm³/mol. The summed E-state index contributed by atoms with van der Waals surface area (Å²) in [7, 11) is 2.98. The van der Waals surface area contributed by atoms with E-state index in [4.69, 9.17) is 37.8 Å². The Labute approximate surface area is 384 Å². The Morgan fingerprint density at radius 3 is 1.76 bits per heavy atom. The van der Waals surface area contributed by atoms with Gasteiger partial charge < -0.3 is 25.2 Å². The van der Waals surface area contributed by atoms with Gasteiger partial charge in [-0.3, -0.25) is 19.5 Å². The van der Waals surface area contributed by atoms with Crippen LogP contribution in [0, 0.1) is 0 Å². The summed E-state index contributed by atoms with van der Waals surface area (Å²) >= 11 is 15.1. The van der Waals surface area contributed by atoms with Crippen molar-refractivity contribution >= 4 is 69.6 Å². The molecule has 2 fully saturated rings. The molecule has 4 N–H and O–H groups in total. The highest BCUT2D eigenvalue weighted by Crippen LogP contribution is 2.34. The highest BCUT2D eigenvalue weighted by atomic mass is 35.5. The van der Waals surface area contributed by atoms with Crippen LogP contribution < -0.4 is 20.1 Å². The normalized spacial score (nSPS) is 18.2. The van der Waals surface area contributed by atoms with Gasteiger partial charge in [-0.05, 0) is 126 Å². The molecule has 6 aromatic rings. The molecule has 17 heteroatoms. The summed E-state index contributed by atoms with van der Waals surface area (Å²) in [6.45, 7) is 5.30. The van der Waals surface area contributed by atoms with Crippen molar-refractivity contribution in [2.75, 3.05) is 27.3 Å².